The number of aromatic nitrogens is 2. The van der Waals surface area contributed by atoms with Crippen molar-refractivity contribution in [1.29, 1.82) is 0 Å². The zero-order chi connectivity index (χ0) is 20.4. The fourth-order valence-corrected chi connectivity index (χ4v) is 3.76. The predicted octanol–water partition coefficient (Wildman–Crippen LogP) is 2.14. The molecular formula is C21H26N4O4. The number of hydrogen-bond acceptors (Lipinski definition) is 5. The Bertz CT molecular complexity index is 869. The van der Waals surface area contributed by atoms with E-state index in [0.29, 0.717) is 17.3 Å². The Balaban J connectivity index is 1.30. The first-order valence-corrected chi connectivity index (χ1v) is 9.98. The molecule has 0 unspecified atom stereocenters. The maximum atomic E-state index is 12.5. The van der Waals surface area contributed by atoms with Gasteiger partial charge in [-0.15, -0.1) is 0 Å². The standard InChI is InChI=1S/C21H26N4O4/c1-29-17-6-4-14(5-7-17)18-10-19(24-23-18)21(28)22-15-8-16(9-15)25(12-20(26)27)11-13-2-3-13/h4-7,10,13,15-16H,2-3,8-9,11-12H2,1H3,(H,22,28)(H,23,24)(H,26,27). The van der Waals surface area contributed by atoms with Gasteiger partial charge in [0.2, 0.25) is 0 Å². The van der Waals surface area contributed by atoms with E-state index < -0.39 is 5.97 Å². The molecule has 1 aromatic carbocycles. The first-order valence-electron chi connectivity index (χ1n) is 9.98. The summed E-state index contributed by atoms with van der Waals surface area (Å²) < 4.78 is 5.15. The Kier molecular flexibility index (Phi) is 5.53. The van der Waals surface area contributed by atoms with Crippen LogP contribution in [0.2, 0.25) is 0 Å². The number of nitrogens with one attached hydrogen (secondary N) is 2. The first kappa shape index (κ1) is 19.4. The van der Waals surface area contributed by atoms with E-state index in [1.807, 2.05) is 24.3 Å². The third kappa shape index (κ3) is 4.76. The molecule has 2 saturated carbocycles. The monoisotopic (exact) mass is 398 g/mol. The largest absolute Gasteiger partial charge is 0.497 e. The van der Waals surface area contributed by atoms with Crippen LogP contribution in [0.3, 0.4) is 0 Å². The number of methoxy groups -OCH3 is 1. The SMILES string of the molecule is COc1ccc(-c2cc(C(=O)NC3CC(N(CC(=O)O)CC4CC4)C3)[nH]n2)cc1. The summed E-state index contributed by atoms with van der Waals surface area (Å²) in [6.07, 6.45) is 3.95. The second-order valence-electron chi connectivity index (χ2n) is 7.96. The molecule has 0 aliphatic heterocycles. The molecule has 1 amide bonds. The topological polar surface area (TPSA) is 108 Å². The van der Waals surface area contributed by atoms with E-state index >= 15 is 0 Å². The molecule has 4 rings (SSSR count). The number of carboxylic acid groups (broad SMARTS) is 1. The maximum Gasteiger partial charge on any atom is 0.317 e. The minimum Gasteiger partial charge on any atom is -0.497 e. The van der Waals surface area contributed by atoms with Crippen molar-refractivity contribution in [3.8, 4) is 17.0 Å². The third-order valence-electron chi connectivity index (χ3n) is 5.70. The number of H-pyrrole nitrogens is 1. The van der Waals surface area contributed by atoms with E-state index in [9.17, 15) is 9.59 Å². The van der Waals surface area contributed by atoms with Gasteiger partial charge in [0.15, 0.2) is 0 Å². The number of aromatic amines is 1. The van der Waals surface area contributed by atoms with Crippen molar-refractivity contribution in [2.45, 2.75) is 37.8 Å². The zero-order valence-electron chi connectivity index (χ0n) is 16.4. The smallest absolute Gasteiger partial charge is 0.317 e. The average Bonchev–Trinajstić information content (AvgIpc) is 3.35. The van der Waals surface area contributed by atoms with Crippen molar-refractivity contribution in [3.63, 3.8) is 0 Å². The second kappa shape index (κ2) is 8.24. The number of carboxylic acids is 1. The van der Waals surface area contributed by atoms with Gasteiger partial charge in [0.1, 0.15) is 11.4 Å². The summed E-state index contributed by atoms with van der Waals surface area (Å²) in [6, 6.07) is 9.51. The minimum atomic E-state index is -0.790. The molecule has 8 heteroatoms. The van der Waals surface area contributed by atoms with Crippen molar-refractivity contribution < 1.29 is 19.4 Å². The molecular weight excluding hydrogens is 372 g/mol. The van der Waals surface area contributed by atoms with Crippen LogP contribution in [0, 0.1) is 5.92 Å². The molecule has 0 spiro atoms. The van der Waals surface area contributed by atoms with Crippen molar-refractivity contribution in [3.05, 3.63) is 36.0 Å². The van der Waals surface area contributed by atoms with Crippen LogP contribution in [0.1, 0.15) is 36.2 Å². The second-order valence-corrected chi connectivity index (χ2v) is 7.96. The average molecular weight is 398 g/mol. The molecule has 0 bridgehead atoms. The number of aliphatic carboxylic acids is 1. The van der Waals surface area contributed by atoms with E-state index in [1.165, 1.54) is 12.8 Å². The summed E-state index contributed by atoms with van der Waals surface area (Å²) in [5, 5.41) is 19.2. The normalized spacial score (nSPS) is 20.9. The number of rotatable bonds is 9. The molecule has 1 heterocycles. The fourth-order valence-electron chi connectivity index (χ4n) is 3.76. The number of carbonyl (C=O) groups excluding carboxylic acids is 1. The van der Waals surface area contributed by atoms with Gasteiger partial charge in [0, 0.05) is 24.2 Å². The van der Waals surface area contributed by atoms with Crippen LogP contribution in [0.15, 0.2) is 30.3 Å². The third-order valence-corrected chi connectivity index (χ3v) is 5.70. The van der Waals surface area contributed by atoms with E-state index in [-0.39, 0.29) is 24.5 Å². The van der Waals surface area contributed by atoms with Gasteiger partial charge in [-0.2, -0.15) is 5.10 Å². The molecule has 3 N–H and O–H groups in total. The summed E-state index contributed by atoms with van der Waals surface area (Å²) in [5.74, 6) is 0.430. The highest BCUT2D eigenvalue weighted by atomic mass is 16.5. The van der Waals surface area contributed by atoms with E-state index in [2.05, 4.69) is 20.4 Å². The maximum absolute atomic E-state index is 12.5. The van der Waals surface area contributed by atoms with Gasteiger partial charge < -0.3 is 15.2 Å². The van der Waals surface area contributed by atoms with Gasteiger partial charge in [-0.05, 0) is 61.9 Å². The number of ether oxygens (including phenoxy) is 1. The molecule has 2 aliphatic carbocycles. The fraction of sp³-hybridized carbons (Fsp3) is 0.476. The Morgan fingerprint density at radius 1 is 1.28 bits per heavy atom. The van der Waals surface area contributed by atoms with Crippen LogP contribution < -0.4 is 10.1 Å². The number of benzene rings is 1. The summed E-state index contributed by atoms with van der Waals surface area (Å²) in [5.41, 5.74) is 2.01. The Morgan fingerprint density at radius 3 is 2.62 bits per heavy atom. The molecule has 29 heavy (non-hydrogen) atoms. The lowest BCUT2D eigenvalue weighted by molar-refractivity contribution is -0.139. The molecule has 2 aromatic rings. The van der Waals surface area contributed by atoms with Crippen LogP contribution in [-0.4, -0.2) is 64.4 Å². The number of nitrogens with zero attached hydrogens (tertiary/aromatic N) is 2. The van der Waals surface area contributed by atoms with Gasteiger partial charge in [0.25, 0.3) is 5.91 Å². The van der Waals surface area contributed by atoms with Crippen LogP contribution >= 0.6 is 0 Å². The highest BCUT2D eigenvalue weighted by Crippen LogP contribution is 2.34. The minimum absolute atomic E-state index is 0.0655. The lowest BCUT2D eigenvalue weighted by atomic mass is 9.85. The van der Waals surface area contributed by atoms with Gasteiger partial charge >= 0.3 is 5.97 Å². The summed E-state index contributed by atoms with van der Waals surface area (Å²) in [7, 11) is 1.61. The number of carbonyl (C=O) groups is 2. The Hall–Kier alpha value is -2.87. The molecule has 2 aliphatic rings. The predicted molar refractivity (Wildman–Crippen MR) is 107 cm³/mol. The summed E-state index contributed by atoms with van der Waals surface area (Å²) >= 11 is 0. The lowest BCUT2D eigenvalue weighted by Crippen LogP contribution is -2.55. The van der Waals surface area contributed by atoms with Crippen LogP contribution in [0.4, 0.5) is 0 Å². The van der Waals surface area contributed by atoms with Gasteiger partial charge in [-0.3, -0.25) is 19.6 Å². The molecule has 8 nitrogen and oxygen atoms in total. The van der Waals surface area contributed by atoms with E-state index in [1.54, 1.807) is 13.2 Å². The Morgan fingerprint density at radius 2 is 2.00 bits per heavy atom. The summed E-state index contributed by atoms with van der Waals surface area (Å²) in [6.45, 7) is 0.928. The highest BCUT2D eigenvalue weighted by molar-refractivity contribution is 5.93. The molecule has 2 fully saturated rings. The van der Waals surface area contributed by atoms with Crippen molar-refractivity contribution >= 4 is 11.9 Å². The van der Waals surface area contributed by atoms with E-state index in [0.717, 1.165) is 30.7 Å². The van der Waals surface area contributed by atoms with Crippen molar-refractivity contribution in [1.82, 2.24) is 20.4 Å². The molecule has 154 valence electrons. The van der Waals surface area contributed by atoms with Gasteiger partial charge in [0.05, 0.1) is 19.3 Å². The van der Waals surface area contributed by atoms with Gasteiger partial charge in [-0.25, -0.2) is 0 Å². The van der Waals surface area contributed by atoms with Crippen LogP contribution in [0.25, 0.3) is 11.3 Å². The zero-order valence-corrected chi connectivity index (χ0v) is 16.4. The quantitative estimate of drug-likeness (QED) is 0.597. The molecule has 1 aromatic heterocycles. The molecule has 0 atom stereocenters. The van der Waals surface area contributed by atoms with Crippen LogP contribution in [-0.2, 0) is 4.79 Å². The van der Waals surface area contributed by atoms with E-state index in [4.69, 9.17) is 9.84 Å². The number of amides is 1. The van der Waals surface area contributed by atoms with Crippen molar-refractivity contribution in [2.75, 3.05) is 20.2 Å². The number of hydrogen-bond donors (Lipinski definition) is 3. The highest BCUT2D eigenvalue weighted by Gasteiger charge is 2.37. The molecule has 0 saturated heterocycles. The lowest BCUT2D eigenvalue weighted by Gasteiger charge is -2.42. The first-order chi connectivity index (χ1) is 14.0. The Labute approximate surface area is 169 Å². The summed E-state index contributed by atoms with van der Waals surface area (Å²) in [4.78, 5) is 25.7. The van der Waals surface area contributed by atoms with Gasteiger partial charge in [-0.1, -0.05) is 0 Å². The molecule has 0 radical (unpaired) electrons. The van der Waals surface area contributed by atoms with Crippen LogP contribution in [0.5, 0.6) is 5.75 Å². The van der Waals surface area contributed by atoms with Crippen molar-refractivity contribution in [2.24, 2.45) is 5.92 Å².